The maximum atomic E-state index is 13.5. The Bertz CT molecular complexity index is 1110. The number of ketones is 1. The van der Waals surface area contributed by atoms with Gasteiger partial charge >= 0.3 is 0 Å². The first-order chi connectivity index (χ1) is 15.3. The van der Waals surface area contributed by atoms with Crippen LogP contribution < -0.4 is 16.0 Å². The Morgan fingerprint density at radius 1 is 1.00 bits per heavy atom. The minimum absolute atomic E-state index is 0.0989. The predicted octanol–water partition coefficient (Wildman–Crippen LogP) is 2.92. The zero-order valence-electron chi connectivity index (χ0n) is 18.6. The molecule has 0 spiro atoms. The van der Waals surface area contributed by atoms with Crippen molar-refractivity contribution < 1.29 is 14.4 Å². The molecule has 2 amide bonds. The van der Waals surface area contributed by atoms with E-state index in [-0.39, 0.29) is 23.6 Å². The van der Waals surface area contributed by atoms with Gasteiger partial charge in [-0.25, -0.2) is 4.90 Å². The first kappa shape index (κ1) is 21.8. The third-order valence-corrected chi connectivity index (χ3v) is 6.16. The van der Waals surface area contributed by atoms with Crippen molar-refractivity contribution in [1.29, 1.82) is 0 Å². The van der Waals surface area contributed by atoms with Gasteiger partial charge in [-0.3, -0.25) is 14.4 Å². The number of imide groups is 1. The molecule has 0 radical (unpaired) electrons. The number of amides is 2. The van der Waals surface area contributed by atoms with Crippen LogP contribution in [0.25, 0.3) is 11.3 Å². The van der Waals surface area contributed by atoms with Crippen LogP contribution in [0.1, 0.15) is 48.2 Å². The average molecular weight is 433 g/mol. The molecule has 3 N–H and O–H groups in total. The van der Waals surface area contributed by atoms with Crippen molar-refractivity contribution in [1.82, 2.24) is 10.2 Å². The second-order valence-electron chi connectivity index (χ2n) is 8.54. The van der Waals surface area contributed by atoms with Crippen molar-refractivity contribution >= 4 is 40.2 Å². The van der Waals surface area contributed by atoms with Gasteiger partial charge in [0.15, 0.2) is 5.78 Å². The molecule has 1 fully saturated rings. The number of carbonyl (C=O) groups excluding carboxylic acids is 3. The highest BCUT2D eigenvalue weighted by molar-refractivity contribution is 6.43. The van der Waals surface area contributed by atoms with Crippen LogP contribution >= 0.6 is 0 Å². The fourth-order valence-electron chi connectivity index (χ4n) is 4.35. The summed E-state index contributed by atoms with van der Waals surface area (Å²) < 4.78 is 0. The van der Waals surface area contributed by atoms with Crippen molar-refractivity contribution in [3.63, 3.8) is 0 Å². The molecule has 1 saturated heterocycles. The Balaban J connectivity index is 1.91. The van der Waals surface area contributed by atoms with Crippen LogP contribution in [0.3, 0.4) is 0 Å². The molecule has 0 aliphatic carbocycles. The van der Waals surface area contributed by atoms with Crippen LogP contribution in [0.15, 0.2) is 42.5 Å². The minimum Gasteiger partial charge on any atom is -0.399 e. The van der Waals surface area contributed by atoms with E-state index >= 15 is 0 Å². The molecular weight excluding hydrogens is 404 g/mol. The van der Waals surface area contributed by atoms with E-state index in [1.54, 1.807) is 30.3 Å². The summed E-state index contributed by atoms with van der Waals surface area (Å²) in [5.74, 6) is -0.851. The second-order valence-corrected chi connectivity index (χ2v) is 8.54. The van der Waals surface area contributed by atoms with Gasteiger partial charge in [-0.05, 0) is 75.8 Å². The number of likely N-dealkylation sites (tertiary alicyclic amines) is 1. The molecule has 0 aromatic heterocycles. The molecule has 166 valence electrons. The number of nitrogens with one attached hydrogen (secondary N) is 1. The molecular formula is C25H28N4O3. The number of piperidine rings is 1. The fraction of sp³-hybridized carbons (Fsp3) is 0.320. The summed E-state index contributed by atoms with van der Waals surface area (Å²) in [5.41, 5.74) is 9.99. The van der Waals surface area contributed by atoms with E-state index in [1.807, 2.05) is 12.1 Å². The summed E-state index contributed by atoms with van der Waals surface area (Å²) in [6.07, 6.45) is 1.88. The summed E-state index contributed by atoms with van der Waals surface area (Å²) in [6, 6.07) is 12.6. The van der Waals surface area contributed by atoms with E-state index in [2.05, 4.69) is 17.3 Å². The molecule has 2 aliphatic rings. The lowest BCUT2D eigenvalue weighted by atomic mass is 9.96. The third kappa shape index (κ3) is 4.03. The van der Waals surface area contributed by atoms with Gasteiger partial charge in [-0.15, -0.1) is 0 Å². The molecule has 2 heterocycles. The van der Waals surface area contributed by atoms with E-state index < -0.39 is 0 Å². The summed E-state index contributed by atoms with van der Waals surface area (Å²) in [4.78, 5) is 41.5. The standard InChI is InChI=1S/C25H28N4O3/c1-15(30)18-6-9-22-21(14-18)23(25(32)29(22)16(2)31)24(17-4-7-19(26)8-5-17)27-20-10-12-28(3)13-11-20/h4-9,14,20,27H,10-13,26H2,1-3H3/b24-23-. The summed E-state index contributed by atoms with van der Waals surface area (Å²) in [5, 5.41) is 3.60. The molecule has 2 aliphatic heterocycles. The summed E-state index contributed by atoms with van der Waals surface area (Å²) in [7, 11) is 2.10. The molecule has 7 heteroatoms. The molecule has 0 unspecified atom stereocenters. The van der Waals surface area contributed by atoms with Gasteiger partial charge in [-0.2, -0.15) is 0 Å². The van der Waals surface area contributed by atoms with Gasteiger partial charge in [0.1, 0.15) is 0 Å². The summed E-state index contributed by atoms with van der Waals surface area (Å²) in [6.45, 7) is 4.78. The zero-order chi connectivity index (χ0) is 23.0. The Kier molecular flexibility index (Phi) is 5.84. The van der Waals surface area contributed by atoms with Gasteiger partial charge in [0.2, 0.25) is 5.91 Å². The number of anilines is 2. The first-order valence-corrected chi connectivity index (χ1v) is 10.8. The van der Waals surface area contributed by atoms with E-state index in [0.717, 1.165) is 31.5 Å². The Morgan fingerprint density at radius 2 is 1.62 bits per heavy atom. The van der Waals surface area contributed by atoms with Gasteiger partial charge in [0.05, 0.1) is 17.0 Å². The number of nitrogens with zero attached hydrogens (tertiary/aromatic N) is 2. The zero-order valence-corrected chi connectivity index (χ0v) is 18.6. The Labute approximate surface area is 187 Å². The third-order valence-electron chi connectivity index (χ3n) is 6.16. The fourth-order valence-corrected chi connectivity index (χ4v) is 4.35. The number of hydrogen-bond acceptors (Lipinski definition) is 6. The lowest BCUT2D eigenvalue weighted by Crippen LogP contribution is -2.40. The van der Waals surface area contributed by atoms with E-state index in [1.165, 1.54) is 18.7 Å². The normalized spacial score (nSPS) is 18.5. The molecule has 32 heavy (non-hydrogen) atoms. The van der Waals surface area contributed by atoms with Crippen LogP contribution in [0.4, 0.5) is 11.4 Å². The molecule has 2 aromatic carbocycles. The van der Waals surface area contributed by atoms with E-state index in [0.29, 0.717) is 33.8 Å². The average Bonchev–Trinajstić information content (AvgIpc) is 3.05. The lowest BCUT2D eigenvalue weighted by molar-refractivity contribution is -0.122. The highest BCUT2D eigenvalue weighted by atomic mass is 16.2. The predicted molar refractivity (Wildman–Crippen MR) is 126 cm³/mol. The van der Waals surface area contributed by atoms with E-state index in [4.69, 9.17) is 5.73 Å². The van der Waals surface area contributed by atoms with E-state index in [9.17, 15) is 14.4 Å². The number of nitrogens with two attached hydrogens (primary N) is 1. The minimum atomic E-state index is -0.388. The Hall–Kier alpha value is -3.45. The number of Topliss-reactive ketones (excluding diaryl/α,β-unsaturated/α-hetero) is 1. The van der Waals surface area contributed by atoms with Crippen molar-refractivity contribution in [2.75, 3.05) is 30.8 Å². The van der Waals surface area contributed by atoms with Crippen LogP contribution in [0, 0.1) is 0 Å². The van der Waals surface area contributed by atoms with Gasteiger partial charge in [-0.1, -0.05) is 12.1 Å². The molecule has 0 bridgehead atoms. The first-order valence-electron chi connectivity index (χ1n) is 10.8. The topological polar surface area (TPSA) is 95.7 Å². The van der Waals surface area contributed by atoms with Gasteiger partial charge in [0.25, 0.3) is 5.91 Å². The lowest BCUT2D eigenvalue weighted by Gasteiger charge is -2.31. The molecule has 2 aromatic rings. The molecule has 0 atom stereocenters. The summed E-state index contributed by atoms with van der Waals surface area (Å²) >= 11 is 0. The second kappa shape index (κ2) is 8.59. The largest absolute Gasteiger partial charge is 0.399 e. The number of rotatable bonds is 4. The van der Waals surface area contributed by atoms with Crippen molar-refractivity contribution in [3.8, 4) is 0 Å². The van der Waals surface area contributed by atoms with Gasteiger partial charge in [0, 0.05) is 29.8 Å². The number of nitrogen functional groups attached to an aromatic ring is 1. The quantitative estimate of drug-likeness (QED) is 0.438. The number of hydrogen-bond donors (Lipinski definition) is 2. The van der Waals surface area contributed by atoms with Crippen LogP contribution in [-0.2, 0) is 9.59 Å². The molecule has 7 nitrogen and oxygen atoms in total. The highest BCUT2D eigenvalue weighted by Gasteiger charge is 2.38. The van der Waals surface area contributed by atoms with Gasteiger partial charge < -0.3 is 16.0 Å². The number of carbonyl (C=O) groups is 3. The van der Waals surface area contributed by atoms with Crippen molar-refractivity contribution in [2.45, 2.75) is 32.7 Å². The van der Waals surface area contributed by atoms with Crippen molar-refractivity contribution in [2.24, 2.45) is 0 Å². The number of benzene rings is 2. The molecule has 0 saturated carbocycles. The Morgan fingerprint density at radius 3 is 2.22 bits per heavy atom. The number of fused-ring (bicyclic) bond motifs is 1. The van der Waals surface area contributed by atoms with Crippen molar-refractivity contribution in [3.05, 3.63) is 59.2 Å². The maximum absolute atomic E-state index is 13.5. The maximum Gasteiger partial charge on any atom is 0.267 e. The SMILES string of the molecule is CC(=O)c1ccc2c(c1)/C(=C(/NC1CCN(C)CC1)c1ccc(N)cc1)C(=O)N2C(C)=O. The highest BCUT2D eigenvalue weighted by Crippen LogP contribution is 2.41. The van der Waals surface area contributed by atoms with Crippen LogP contribution in [0.5, 0.6) is 0 Å². The molecule has 4 rings (SSSR count). The monoisotopic (exact) mass is 432 g/mol. The smallest absolute Gasteiger partial charge is 0.267 e. The van der Waals surface area contributed by atoms with Crippen LogP contribution in [0.2, 0.25) is 0 Å². The van der Waals surface area contributed by atoms with Crippen LogP contribution in [-0.4, -0.2) is 48.7 Å².